The van der Waals surface area contributed by atoms with E-state index in [0.29, 0.717) is 6.61 Å². The molecule has 2 bridgehead atoms. The van der Waals surface area contributed by atoms with Crippen LogP contribution in [0.1, 0.15) is 13.3 Å². The minimum absolute atomic E-state index is 0. The first kappa shape index (κ1) is 10.0. The molecule has 2 aliphatic heterocycles. The van der Waals surface area contributed by atoms with Crippen LogP contribution < -0.4 is 0 Å². The van der Waals surface area contributed by atoms with Crippen LogP contribution in [-0.4, -0.2) is 29.5 Å². The van der Waals surface area contributed by atoms with Gasteiger partial charge >= 0.3 is 31.1 Å². The summed E-state index contributed by atoms with van der Waals surface area (Å²) in [5.74, 6) is 0. The van der Waals surface area contributed by atoms with E-state index in [4.69, 9.17) is 9.47 Å². The van der Waals surface area contributed by atoms with Crippen molar-refractivity contribution in [2.24, 2.45) is 0 Å². The molecule has 2 saturated heterocycles. The standard InChI is InChI=1S/C7H11O3.U/c1-2-7-4-9-5(3-10-7)6(7)8;/h3,5-6,8H,2,4H2,1H3;/q-1;+2. The first-order valence-corrected chi connectivity index (χ1v) is 3.59. The van der Waals surface area contributed by atoms with Gasteiger partial charge in [-0.15, -0.1) is 0 Å². The van der Waals surface area contributed by atoms with E-state index < -0.39 is 11.7 Å². The SMILES string of the molecule is CCC12COC([CH-]O1)C2O.[U+2]. The van der Waals surface area contributed by atoms with E-state index in [1.165, 1.54) is 0 Å². The molecular weight excluding hydrogens is 370 g/mol. The van der Waals surface area contributed by atoms with Gasteiger partial charge < -0.3 is 14.6 Å². The number of ether oxygens (including phenoxy) is 2. The Morgan fingerprint density at radius 3 is 2.64 bits per heavy atom. The van der Waals surface area contributed by atoms with Crippen LogP contribution in [0.2, 0.25) is 0 Å². The zero-order valence-corrected chi connectivity index (χ0v) is 10.6. The van der Waals surface area contributed by atoms with Crippen molar-refractivity contribution < 1.29 is 45.7 Å². The topological polar surface area (TPSA) is 38.7 Å². The summed E-state index contributed by atoms with van der Waals surface area (Å²) in [5, 5.41) is 9.50. The summed E-state index contributed by atoms with van der Waals surface area (Å²) < 4.78 is 10.5. The van der Waals surface area contributed by atoms with E-state index >= 15 is 0 Å². The minimum atomic E-state index is -0.447. The van der Waals surface area contributed by atoms with Gasteiger partial charge in [-0.05, 0) is 12.5 Å². The fraction of sp³-hybridized carbons (Fsp3) is 0.857. The second-order valence-electron chi connectivity index (χ2n) is 2.89. The molecule has 0 aliphatic carbocycles. The van der Waals surface area contributed by atoms with Crippen LogP contribution in [0.5, 0.6) is 0 Å². The molecule has 11 heavy (non-hydrogen) atoms. The Bertz CT molecular complexity index is 143. The number of hydrogen-bond donors (Lipinski definition) is 1. The monoisotopic (exact) mass is 381 g/mol. The van der Waals surface area contributed by atoms with Crippen molar-refractivity contribution in [3.05, 3.63) is 6.61 Å². The Balaban J connectivity index is 0.000000605. The van der Waals surface area contributed by atoms with E-state index in [2.05, 4.69) is 0 Å². The first-order chi connectivity index (χ1) is 4.78. The zero-order chi connectivity index (χ0) is 7.19. The van der Waals surface area contributed by atoms with Crippen molar-refractivity contribution in [2.45, 2.75) is 31.2 Å². The maximum atomic E-state index is 9.50. The van der Waals surface area contributed by atoms with Crippen molar-refractivity contribution >= 4 is 0 Å². The summed E-state index contributed by atoms with van der Waals surface area (Å²) in [7, 11) is 0. The molecule has 0 saturated carbocycles. The Morgan fingerprint density at radius 2 is 2.45 bits per heavy atom. The molecule has 2 rings (SSSR count). The molecule has 3 atom stereocenters. The number of rotatable bonds is 1. The molecule has 3 unspecified atom stereocenters. The summed E-state index contributed by atoms with van der Waals surface area (Å²) in [5.41, 5.74) is -0.412. The largest absolute Gasteiger partial charge is 2.00 e. The van der Waals surface area contributed by atoms with Gasteiger partial charge in [0.15, 0.2) is 0 Å². The molecule has 3 nitrogen and oxygen atoms in total. The Kier molecular flexibility index (Phi) is 3.05. The van der Waals surface area contributed by atoms with Crippen LogP contribution in [0.3, 0.4) is 0 Å². The Morgan fingerprint density at radius 1 is 1.73 bits per heavy atom. The van der Waals surface area contributed by atoms with Crippen LogP contribution in [0, 0.1) is 37.7 Å². The van der Waals surface area contributed by atoms with Crippen LogP contribution in [0.15, 0.2) is 0 Å². The molecule has 0 spiro atoms. The van der Waals surface area contributed by atoms with Crippen LogP contribution in [0.25, 0.3) is 0 Å². The normalized spacial score (nSPS) is 47.5. The van der Waals surface area contributed by atoms with Crippen molar-refractivity contribution in [1.82, 2.24) is 0 Å². The summed E-state index contributed by atoms with van der Waals surface area (Å²) in [4.78, 5) is 0. The van der Waals surface area contributed by atoms with Gasteiger partial charge in [0.2, 0.25) is 0 Å². The Labute approximate surface area is 89.8 Å². The third kappa shape index (κ3) is 1.30. The summed E-state index contributed by atoms with van der Waals surface area (Å²) >= 11 is 0. The maximum absolute atomic E-state index is 9.50. The second kappa shape index (κ2) is 3.35. The van der Waals surface area contributed by atoms with Gasteiger partial charge in [-0.3, -0.25) is 0 Å². The molecule has 0 radical (unpaired) electrons. The third-order valence-corrected chi connectivity index (χ3v) is 2.41. The molecule has 2 fully saturated rings. The number of aliphatic hydroxyl groups excluding tert-OH is 1. The van der Waals surface area contributed by atoms with E-state index in [0.717, 1.165) is 6.42 Å². The van der Waals surface area contributed by atoms with Crippen molar-refractivity contribution in [3.63, 3.8) is 0 Å². The fourth-order valence-electron chi connectivity index (χ4n) is 1.53. The molecule has 1 N–H and O–H groups in total. The quantitative estimate of drug-likeness (QED) is 0.655. The number of fused-ring (bicyclic) bond motifs is 2. The molecule has 0 aromatic heterocycles. The molecule has 0 aromatic carbocycles. The predicted octanol–water partition coefficient (Wildman–Crippen LogP) is 0.0869. The van der Waals surface area contributed by atoms with E-state index in [-0.39, 0.29) is 37.2 Å². The van der Waals surface area contributed by atoms with Gasteiger partial charge in [-0.2, -0.15) is 6.61 Å². The van der Waals surface area contributed by atoms with Crippen molar-refractivity contribution in [1.29, 1.82) is 0 Å². The summed E-state index contributed by atoms with van der Waals surface area (Å²) in [6.07, 6.45) is 0.179. The Hall–Kier alpha value is 0.932. The average Bonchev–Trinajstić information content (AvgIpc) is 2.46. The zero-order valence-electron chi connectivity index (χ0n) is 6.41. The molecule has 4 heteroatoms. The van der Waals surface area contributed by atoms with E-state index in [9.17, 15) is 5.11 Å². The van der Waals surface area contributed by atoms with E-state index in [1.54, 1.807) is 6.61 Å². The summed E-state index contributed by atoms with van der Waals surface area (Å²) in [6, 6.07) is 0. The van der Waals surface area contributed by atoms with Gasteiger partial charge in [-0.25, -0.2) is 0 Å². The second-order valence-corrected chi connectivity index (χ2v) is 2.89. The van der Waals surface area contributed by atoms with Crippen molar-refractivity contribution in [2.75, 3.05) is 6.61 Å². The van der Waals surface area contributed by atoms with Gasteiger partial charge in [0.25, 0.3) is 0 Å². The maximum Gasteiger partial charge on any atom is 2.00 e. The van der Waals surface area contributed by atoms with E-state index in [1.807, 2.05) is 6.92 Å². The van der Waals surface area contributed by atoms with Gasteiger partial charge in [0, 0.05) is 0 Å². The molecule has 0 aromatic rings. The predicted molar refractivity (Wildman–Crippen MR) is 34.2 cm³/mol. The molecular formula is C7H11O3U+. The van der Waals surface area contributed by atoms with Crippen LogP contribution in [0.4, 0.5) is 0 Å². The van der Waals surface area contributed by atoms with Gasteiger partial charge in [-0.1, -0.05) is 6.92 Å². The number of aliphatic hydroxyl groups is 1. The molecule has 2 heterocycles. The van der Waals surface area contributed by atoms with Gasteiger partial charge in [0.1, 0.15) is 0 Å². The van der Waals surface area contributed by atoms with Crippen LogP contribution in [-0.2, 0) is 9.47 Å². The van der Waals surface area contributed by atoms with Crippen LogP contribution >= 0.6 is 0 Å². The summed E-state index contributed by atoms with van der Waals surface area (Å²) in [6.45, 7) is 4.12. The molecule has 2 aliphatic rings. The minimum Gasteiger partial charge on any atom is -0.541 e. The number of hydrogen-bond acceptors (Lipinski definition) is 3. The van der Waals surface area contributed by atoms with Gasteiger partial charge in [0.05, 0.1) is 18.3 Å². The molecule has 0 amide bonds. The first-order valence-electron chi connectivity index (χ1n) is 3.59. The third-order valence-electron chi connectivity index (χ3n) is 2.41. The molecule has 60 valence electrons. The fourth-order valence-corrected chi connectivity index (χ4v) is 1.53. The average molecular weight is 381 g/mol. The van der Waals surface area contributed by atoms with Crippen molar-refractivity contribution in [3.8, 4) is 0 Å². The smallest absolute Gasteiger partial charge is 0.541 e.